The molecule has 1 nitrogen and oxygen atoms in total. The fourth-order valence-corrected chi connectivity index (χ4v) is 2.59. The minimum Gasteiger partial charge on any atom is -0.319 e. The zero-order valence-electron chi connectivity index (χ0n) is 10.6. The molecule has 0 aliphatic heterocycles. The van der Waals surface area contributed by atoms with E-state index in [1.165, 1.54) is 12.1 Å². The van der Waals surface area contributed by atoms with Gasteiger partial charge in [-0.2, -0.15) is 13.2 Å². The molecule has 0 aromatic heterocycles. The Morgan fingerprint density at radius 3 is 2.63 bits per heavy atom. The van der Waals surface area contributed by atoms with Crippen LogP contribution in [0.4, 0.5) is 17.6 Å². The number of rotatable bonds is 7. The fraction of sp³-hybridized carbons (Fsp3) is 0.538. The number of hydrogen-bond acceptors (Lipinski definition) is 2. The van der Waals surface area contributed by atoms with E-state index in [1.54, 1.807) is 19.2 Å². The predicted molar refractivity (Wildman–Crippen MR) is 70.7 cm³/mol. The Morgan fingerprint density at radius 2 is 2.05 bits per heavy atom. The van der Waals surface area contributed by atoms with Crippen molar-refractivity contribution in [3.05, 3.63) is 35.6 Å². The van der Waals surface area contributed by atoms with Crippen molar-refractivity contribution in [3.8, 4) is 0 Å². The summed E-state index contributed by atoms with van der Waals surface area (Å²) in [4.78, 5) is 0. The molecule has 108 valence electrons. The lowest BCUT2D eigenvalue weighted by Crippen LogP contribution is -2.22. The summed E-state index contributed by atoms with van der Waals surface area (Å²) in [5, 5.41) is 2.97. The van der Waals surface area contributed by atoms with Crippen LogP contribution in [-0.2, 0) is 6.42 Å². The highest BCUT2D eigenvalue weighted by atomic mass is 32.2. The zero-order chi connectivity index (χ0) is 14.3. The third-order valence-electron chi connectivity index (χ3n) is 2.70. The van der Waals surface area contributed by atoms with Crippen LogP contribution in [0.15, 0.2) is 24.3 Å². The molecule has 0 aliphatic carbocycles. The van der Waals surface area contributed by atoms with Crippen LogP contribution >= 0.6 is 11.8 Å². The van der Waals surface area contributed by atoms with Gasteiger partial charge in [0.2, 0.25) is 0 Å². The second kappa shape index (κ2) is 7.75. The van der Waals surface area contributed by atoms with Crippen LogP contribution in [-0.4, -0.2) is 24.9 Å². The first-order chi connectivity index (χ1) is 8.90. The van der Waals surface area contributed by atoms with E-state index in [0.29, 0.717) is 19.4 Å². The number of thioether (sulfide) groups is 1. The molecule has 0 saturated heterocycles. The first-order valence-corrected chi connectivity index (χ1v) is 6.99. The van der Waals surface area contributed by atoms with Gasteiger partial charge in [0.05, 0.1) is 0 Å². The molecular formula is C13H17F4NS. The van der Waals surface area contributed by atoms with Gasteiger partial charge >= 0.3 is 5.51 Å². The molecular weight excluding hydrogens is 278 g/mol. The van der Waals surface area contributed by atoms with Crippen LogP contribution in [0.3, 0.4) is 0 Å². The van der Waals surface area contributed by atoms with Crippen molar-refractivity contribution in [1.82, 2.24) is 5.32 Å². The Hall–Kier alpha value is -0.750. The van der Waals surface area contributed by atoms with E-state index in [1.807, 2.05) is 0 Å². The summed E-state index contributed by atoms with van der Waals surface area (Å²) < 4.78 is 49.3. The molecule has 0 spiro atoms. The van der Waals surface area contributed by atoms with Crippen LogP contribution in [0.25, 0.3) is 0 Å². The van der Waals surface area contributed by atoms with Crippen molar-refractivity contribution in [3.63, 3.8) is 0 Å². The van der Waals surface area contributed by atoms with Crippen LogP contribution in [0.2, 0.25) is 0 Å². The highest BCUT2D eigenvalue weighted by molar-refractivity contribution is 8.00. The predicted octanol–water partition coefficient (Wildman–Crippen LogP) is 3.85. The maximum absolute atomic E-state index is 13.0. The van der Waals surface area contributed by atoms with E-state index in [2.05, 4.69) is 5.32 Å². The van der Waals surface area contributed by atoms with Gasteiger partial charge in [-0.05, 0) is 50.0 Å². The third-order valence-corrected chi connectivity index (χ3v) is 3.47. The molecule has 1 aromatic carbocycles. The van der Waals surface area contributed by atoms with Crippen LogP contribution in [0.1, 0.15) is 12.0 Å². The second-order valence-electron chi connectivity index (χ2n) is 4.34. The lowest BCUT2D eigenvalue weighted by molar-refractivity contribution is -0.0328. The van der Waals surface area contributed by atoms with Gasteiger partial charge in [0.25, 0.3) is 0 Å². The van der Waals surface area contributed by atoms with Crippen LogP contribution < -0.4 is 5.32 Å². The average molecular weight is 295 g/mol. The molecule has 6 heteroatoms. The molecule has 0 bridgehead atoms. The molecule has 1 aromatic rings. The minimum atomic E-state index is -4.18. The molecule has 1 unspecified atom stereocenters. The van der Waals surface area contributed by atoms with Crippen molar-refractivity contribution in [1.29, 1.82) is 0 Å². The smallest absolute Gasteiger partial charge is 0.319 e. The van der Waals surface area contributed by atoms with E-state index in [-0.39, 0.29) is 29.2 Å². The van der Waals surface area contributed by atoms with Crippen molar-refractivity contribution in [2.24, 2.45) is 5.92 Å². The van der Waals surface area contributed by atoms with Gasteiger partial charge in [-0.1, -0.05) is 23.9 Å². The van der Waals surface area contributed by atoms with E-state index >= 15 is 0 Å². The molecule has 19 heavy (non-hydrogen) atoms. The number of halogens is 4. The van der Waals surface area contributed by atoms with Crippen molar-refractivity contribution < 1.29 is 17.6 Å². The van der Waals surface area contributed by atoms with Gasteiger partial charge in [0.15, 0.2) is 0 Å². The Labute approximate surface area is 114 Å². The summed E-state index contributed by atoms with van der Waals surface area (Å²) in [6.07, 6.45) is 1.03. The van der Waals surface area contributed by atoms with Gasteiger partial charge < -0.3 is 5.32 Å². The normalized spacial score (nSPS) is 13.5. The molecule has 0 amide bonds. The summed E-state index contributed by atoms with van der Waals surface area (Å²) in [6.45, 7) is 0.620. The summed E-state index contributed by atoms with van der Waals surface area (Å²) in [7, 11) is 1.76. The van der Waals surface area contributed by atoms with Crippen LogP contribution in [0, 0.1) is 11.7 Å². The molecule has 0 radical (unpaired) electrons. The molecule has 0 heterocycles. The van der Waals surface area contributed by atoms with E-state index in [9.17, 15) is 17.6 Å². The third kappa shape index (κ3) is 7.42. The first kappa shape index (κ1) is 16.3. The number of alkyl halides is 3. The highest BCUT2D eigenvalue weighted by Crippen LogP contribution is 2.31. The summed E-state index contributed by atoms with van der Waals surface area (Å²) in [5.74, 6) is -0.211. The largest absolute Gasteiger partial charge is 0.441 e. The van der Waals surface area contributed by atoms with Gasteiger partial charge in [-0.3, -0.25) is 0 Å². The number of benzene rings is 1. The summed E-state index contributed by atoms with van der Waals surface area (Å²) in [5.41, 5.74) is -3.36. The van der Waals surface area contributed by atoms with Crippen molar-refractivity contribution in [2.75, 3.05) is 19.3 Å². The Morgan fingerprint density at radius 1 is 1.32 bits per heavy atom. The molecule has 1 atom stereocenters. The molecule has 0 fully saturated rings. The Kier molecular flexibility index (Phi) is 6.65. The van der Waals surface area contributed by atoms with Gasteiger partial charge in [0, 0.05) is 5.75 Å². The maximum Gasteiger partial charge on any atom is 0.441 e. The lowest BCUT2D eigenvalue weighted by atomic mass is 9.97. The standard InChI is InChI=1S/C13H17F4NS/c1-18-9-11(5-6-19-13(15,16)17)7-10-3-2-4-12(14)8-10/h2-4,8,11,18H,5-7,9H2,1H3. The van der Waals surface area contributed by atoms with E-state index in [4.69, 9.17) is 0 Å². The fourth-order valence-electron chi connectivity index (χ4n) is 1.90. The topological polar surface area (TPSA) is 12.0 Å². The van der Waals surface area contributed by atoms with Crippen molar-refractivity contribution >= 4 is 11.8 Å². The highest BCUT2D eigenvalue weighted by Gasteiger charge is 2.28. The summed E-state index contributed by atoms with van der Waals surface area (Å²) >= 11 is -0.000384. The molecule has 1 rings (SSSR count). The second-order valence-corrected chi connectivity index (χ2v) is 5.50. The van der Waals surface area contributed by atoms with E-state index in [0.717, 1.165) is 5.56 Å². The zero-order valence-corrected chi connectivity index (χ0v) is 11.5. The number of nitrogens with one attached hydrogen (secondary N) is 1. The Bertz CT molecular complexity index is 381. The SMILES string of the molecule is CNCC(CCSC(F)(F)F)Cc1cccc(F)c1. The maximum atomic E-state index is 13.0. The van der Waals surface area contributed by atoms with Crippen LogP contribution in [0.5, 0.6) is 0 Å². The quantitative estimate of drug-likeness (QED) is 0.767. The minimum absolute atomic E-state index is 0.000384. The van der Waals surface area contributed by atoms with Gasteiger partial charge in [0.1, 0.15) is 5.82 Å². The lowest BCUT2D eigenvalue weighted by Gasteiger charge is -2.17. The Balaban J connectivity index is 2.48. The molecule has 0 aliphatic rings. The van der Waals surface area contributed by atoms with Crippen molar-refractivity contribution in [2.45, 2.75) is 18.3 Å². The number of hydrogen-bond donors (Lipinski definition) is 1. The average Bonchev–Trinajstić information content (AvgIpc) is 2.27. The molecule has 0 saturated carbocycles. The van der Waals surface area contributed by atoms with E-state index < -0.39 is 5.51 Å². The first-order valence-electron chi connectivity index (χ1n) is 6.00. The van der Waals surface area contributed by atoms with Gasteiger partial charge in [-0.15, -0.1) is 0 Å². The molecule has 1 N–H and O–H groups in total. The van der Waals surface area contributed by atoms with Gasteiger partial charge in [-0.25, -0.2) is 4.39 Å². The summed E-state index contributed by atoms with van der Waals surface area (Å²) in [6, 6.07) is 6.20. The monoisotopic (exact) mass is 295 g/mol.